The van der Waals surface area contributed by atoms with Crippen LogP contribution >= 0.6 is 0 Å². The molecule has 4 heteroatoms. The first-order valence-corrected chi connectivity index (χ1v) is 10.4. The number of rotatable bonds is 5. The van der Waals surface area contributed by atoms with Crippen LogP contribution < -0.4 is 5.32 Å². The molecule has 1 aliphatic carbocycles. The fourth-order valence-corrected chi connectivity index (χ4v) is 4.32. The van der Waals surface area contributed by atoms with Crippen molar-refractivity contribution in [2.75, 3.05) is 0 Å². The van der Waals surface area contributed by atoms with Crippen LogP contribution in [0.4, 0.5) is 0 Å². The van der Waals surface area contributed by atoms with Gasteiger partial charge < -0.3 is 5.32 Å². The highest BCUT2D eigenvalue weighted by atomic mass is 16.2. The monoisotopic (exact) mass is 375 g/mol. The van der Waals surface area contributed by atoms with Gasteiger partial charge in [0, 0.05) is 11.9 Å². The second kappa shape index (κ2) is 7.78. The first-order valence-electron chi connectivity index (χ1n) is 10.4. The van der Waals surface area contributed by atoms with Gasteiger partial charge in [-0.15, -0.1) is 0 Å². The first kappa shape index (κ1) is 18.7. The number of benzene rings is 2. The fraction of sp³-hybridized carbons (Fsp3) is 0.417. The Morgan fingerprint density at radius 3 is 2.46 bits per heavy atom. The number of carbonyl (C=O) groups excluding carboxylic acids is 1. The van der Waals surface area contributed by atoms with Crippen molar-refractivity contribution in [1.29, 1.82) is 0 Å². The molecule has 1 aliphatic rings. The first-order chi connectivity index (χ1) is 13.5. The molecule has 0 spiro atoms. The van der Waals surface area contributed by atoms with Gasteiger partial charge in [-0.2, -0.15) is 5.10 Å². The van der Waals surface area contributed by atoms with E-state index in [-0.39, 0.29) is 5.91 Å². The van der Waals surface area contributed by atoms with E-state index in [1.165, 1.54) is 32.1 Å². The normalized spacial score (nSPS) is 15.6. The quantitative estimate of drug-likeness (QED) is 0.659. The van der Waals surface area contributed by atoms with E-state index in [1.54, 1.807) is 0 Å². The van der Waals surface area contributed by atoms with Crippen LogP contribution in [-0.4, -0.2) is 15.7 Å². The summed E-state index contributed by atoms with van der Waals surface area (Å²) in [5.74, 6) is 0.543. The fourth-order valence-electron chi connectivity index (χ4n) is 4.32. The maximum absolute atomic E-state index is 13.2. The lowest BCUT2D eigenvalue weighted by atomic mass is 9.89. The van der Waals surface area contributed by atoms with Crippen molar-refractivity contribution >= 4 is 16.8 Å². The Morgan fingerprint density at radius 2 is 1.71 bits per heavy atom. The molecule has 0 saturated heterocycles. The topological polar surface area (TPSA) is 46.9 Å². The third kappa shape index (κ3) is 3.82. The lowest BCUT2D eigenvalue weighted by Gasteiger charge is -2.26. The molecule has 2 aromatic carbocycles. The molecular weight excluding hydrogens is 346 g/mol. The van der Waals surface area contributed by atoms with Crippen LogP contribution in [0.1, 0.15) is 62.0 Å². The highest BCUT2D eigenvalue weighted by molar-refractivity contribution is 6.05. The van der Waals surface area contributed by atoms with Gasteiger partial charge in [0.05, 0.1) is 11.1 Å². The van der Waals surface area contributed by atoms with E-state index in [0.29, 0.717) is 11.6 Å². The van der Waals surface area contributed by atoms with Gasteiger partial charge in [0.1, 0.15) is 0 Å². The number of para-hydroxylation sites is 1. The highest BCUT2D eigenvalue weighted by Gasteiger charge is 2.26. The van der Waals surface area contributed by atoms with Crippen LogP contribution in [0, 0.1) is 5.92 Å². The summed E-state index contributed by atoms with van der Waals surface area (Å²) in [5, 5.41) is 8.88. The van der Waals surface area contributed by atoms with Crippen LogP contribution in [0.2, 0.25) is 0 Å². The minimum Gasteiger partial charge on any atom is -0.342 e. The number of nitrogens with zero attached hydrogens (tertiary/aromatic N) is 2. The predicted molar refractivity (Wildman–Crippen MR) is 113 cm³/mol. The smallest absolute Gasteiger partial charge is 0.273 e. The second-order valence-electron chi connectivity index (χ2n) is 8.50. The number of carbonyl (C=O) groups is 1. The van der Waals surface area contributed by atoms with E-state index < -0.39 is 5.54 Å². The number of nitrogens with one attached hydrogen (secondary N) is 1. The Morgan fingerprint density at radius 1 is 1.04 bits per heavy atom. The van der Waals surface area contributed by atoms with Crippen molar-refractivity contribution in [3.05, 3.63) is 65.9 Å². The third-order valence-electron chi connectivity index (χ3n) is 5.95. The Kier molecular flexibility index (Phi) is 5.21. The molecule has 146 valence electrons. The van der Waals surface area contributed by atoms with E-state index in [9.17, 15) is 4.79 Å². The summed E-state index contributed by atoms with van der Waals surface area (Å²) < 4.78 is 2.05. The molecule has 1 fully saturated rings. The Balaban J connectivity index is 1.62. The number of fused-ring (bicyclic) bond motifs is 1. The Hall–Kier alpha value is -2.62. The highest BCUT2D eigenvalue weighted by Crippen LogP contribution is 2.28. The number of hydrogen-bond donors (Lipinski definition) is 1. The molecule has 0 radical (unpaired) electrons. The van der Waals surface area contributed by atoms with E-state index in [1.807, 2.05) is 62.4 Å². The lowest BCUT2D eigenvalue weighted by Crippen LogP contribution is -2.41. The molecule has 28 heavy (non-hydrogen) atoms. The minimum atomic E-state index is -0.466. The zero-order chi connectivity index (χ0) is 19.6. The van der Waals surface area contributed by atoms with E-state index in [2.05, 4.69) is 16.1 Å². The molecule has 0 aliphatic heterocycles. The van der Waals surface area contributed by atoms with Crippen molar-refractivity contribution in [2.45, 2.75) is 58.0 Å². The molecule has 3 aromatic rings. The van der Waals surface area contributed by atoms with Gasteiger partial charge in [-0.05, 0) is 44.2 Å². The zero-order valence-electron chi connectivity index (χ0n) is 16.8. The van der Waals surface area contributed by atoms with Gasteiger partial charge in [-0.25, -0.2) is 0 Å². The van der Waals surface area contributed by atoms with Crippen LogP contribution in [0.3, 0.4) is 0 Å². The average molecular weight is 376 g/mol. The van der Waals surface area contributed by atoms with Gasteiger partial charge in [0.25, 0.3) is 5.91 Å². The second-order valence-corrected chi connectivity index (χ2v) is 8.50. The molecule has 0 bridgehead atoms. The summed E-state index contributed by atoms with van der Waals surface area (Å²) in [5.41, 5.74) is 2.19. The standard InChI is InChI=1S/C24H29N3O/c1-24(2,19-13-7-4-8-14-19)25-23(28)22-20-15-9-10-16-21(20)27(26-22)17-18-11-5-3-6-12-18/h4,7-10,13-16,18H,3,5-6,11-12,17H2,1-2H3,(H,25,28). The van der Waals surface area contributed by atoms with Gasteiger partial charge in [0.15, 0.2) is 5.69 Å². The van der Waals surface area contributed by atoms with Gasteiger partial charge in [-0.1, -0.05) is 67.8 Å². The molecule has 0 atom stereocenters. The number of amides is 1. The zero-order valence-corrected chi connectivity index (χ0v) is 16.8. The summed E-state index contributed by atoms with van der Waals surface area (Å²) in [6.07, 6.45) is 6.48. The van der Waals surface area contributed by atoms with Crippen molar-refractivity contribution in [2.24, 2.45) is 5.92 Å². The average Bonchev–Trinajstić information content (AvgIpc) is 3.08. The SMILES string of the molecule is CC(C)(NC(=O)c1nn(CC2CCCCC2)c2ccccc12)c1ccccc1. The molecule has 1 amide bonds. The summed E-state index contributed by atoms with van der Waals surface area (Å²) >= 11 is 0. The Labute approximate surface area is 166 Å². The predicted octanol–water partition coefficient (Wildman–Crippen LogP) is 5.28. The summed E-state index contributed by atoms with van der Waals surface area (Å²) in [6.45, 7) is 4.96. The largest absolute Gasteiger partial charge is 0.342 e. The van der Waals surface area contributed by atoms with Crippen molar-refractivity contribution in [3.8, 4) is 0 Å². The van der Waals surface area contributed by atoms with Crippen LogP contribution in [-0.2, 0) is 12.1 Å². The van der Waals surface area contributed by atoms with Gasteiger partial charge in [-0.3, -0.25) is 9.48 Å². The molecular formula is C24H29N3O. The van der Waals surface area contributed by atoms with E-state index in [4.69, 9.17) is 5.10 Å². The minimum absolute atomic E-state index is 0.118. The maximum atomic E-state index is 13.2. The van der Waals surface area contributed by atoms with E-state index >= 15 is 0 Å². The van der Waals surface area contributed by atoms with E-state index in [0.717, 1.165) is 23.0 Å². The summed E-state index contributed by atoms with van der Waals surface area (Å²) in [4.78, 5) is 13.2. The third-order valence-corrected chi connectivity index (χ3v) is 5.95. The molecule has 1 saturated carbocycles. The van der Waals surface area contributed by atoms with Crippen LogP contribution in [0.15, 0.2) is 54.6 Å². The summed E-state index contributed by atoms with van der Waals surface area (Å²) in [7, 11) is 0. The lowest BCUT2D eigenvalue weighted by molar-refractivity contribution is 0.0907. The number of hydrogen-bond acceptors (Lipinski definition) is 2. The Bertz CT molecular complexity index is 952. The van der Waals surface area contributed by atoms with Gasteiger partial charge >= 0.3 is 0 Å². The van der Waals surface area contributed by atoms with Gasteiger partial charge in [0.2, 0.25) is 0 Å². The van der Waals surface area contributed by atoms with Crippen LogP contribution in [0.25, 0.3) is 10.9 Å². The molecule has 4 rings (SSSR count). The number of aromatic nitrogens is 2. The molecule has 1 heterocycles. The van der Waals surface area contributed by atoms with Crippen LogP contribution in [0.5, 0.6) is 0 Å². The van der Waals surface area contributed by atoms with Crippen molar-refractivity contribution in [3.63, 3.8) is 0 Å². The molecule has 1 aromatic heterocycles. The van der Waals surface area contributed by atoms with Crippen molar-refractivity contribution < 1.29 is 4.79 Å². The van der Waals surface area contributed by atoms with Crippen molar-refractivity contribution in [1.82, 2.24) is 15.1 Å². The summed E-state index contributed by atoms with van der Waals surface area (Å²) in [6, 6.07) is 18.1. The maximum Gasteiger partial charge on any atom is 0.273 e. The molecule has 4 nitrogen and oxygen atoms in total. The molecule has 0 unspecified atom stereocenters. The molecule has 1 N–H and O–H groups in total.